The maximum atomic E-state index is 10.6. The Morgan fingerprint density at radius 3 is 2.20 bits per heavy atom. The molecule has 0 spiro atoms. The molecule has 15 heavy (non-hydrogen) atoms. The molecule has 0 aromatic heterocycles. The third-order valence-corrected chi connectivity index (χ3v) is 3.07. The lowest BCUT2D eigenvalue weighted by molar-refractivity contribution is -0.136. The number of halogens is 1. The highest BCUT2D eigenvalue weighted by molar-refractivity contribution is 6.29. The number of carbonyl (C=O) groups is 1. The van der Waals surface area contributed by atoms with Crippen molar-refractivity contribution in [1.82, 2.24) is 0 Å². The van der Waals surface area contributed by atoms with Crippen LogP contribution in [0.5, 0.6) is 0 Å². The van der Waals surface area contributed by atoms with Gasteiger partial charge in [0.05, 0.1) is 0 Å². The average molecular weight is 227 g/mol. The Hall–Kier alpha value is -1.02. The fourth-order valence-corrected chi connectivity index (χ4v) is 1.52. The summed E-state index contributed by atoms with van der Waals surface area (Å²) in [5, 5.41) is 7.78. The van der Waals surface area contributed by atoms with E-state index in [9.17, 15) is 4.79 Å². The van der Waals surface area contributed by atoms with E-state index < -0.39 is 11.3 Å². The number of aliphatic carboxylic acids is 1. The van der Waals surface area contributed by atoms with Crippen LogP contribution in [0.3, 0.4) is 0 Å². The van der Waals surface area contributed by atoms with Crippen molar-refractivity contribution in [2.45, 2.75) is 31.6 Å². The molecule has 0 amide bonds. The van der Waals surface area contributed by atoms with E-state index in [4.69, 9.17) is 16.7 Å². The molecule has 1 rings (SSSR count). The second kappa shape index (κ2) is 5.17. The fraction of sp³-hybridized carbons (Fsp3) is 0.417. The summed E-state index contributed by atoms with van der Waals surface area (Å²) in [5.41, 5.74) is 1.85. The van der Waals surface area contributed by atoms with Crippen molar-refractivity contribution < 1.29 is 9.90 Å². The first kappa shape index (κ1) is 12.1. The molecule has 1 aromatic carbocycles. The minimum absolute atomic E-state index is 0.498. The smallest absolute Gasteiger partial charge is 0.326 e. The molecule has 2 unspecified atom stereocenters. The quantitative estimate of drug-likeness (QED) is 0.797. The van der Waals surface area contributed by atoms with Gasteiger partial charge in [0.2, 0.25) is 0 Å². The maximum absolute atomic E-state index is 10.6. The molecule has 0 fully saturated rings. The number of carboxylic acid groups (broad SMARTS) is 1. The van der Waals surface area contributed by atoms with Crippen LogP contribution in [0.4, 0.5) is 0 Å². The molecule has 82 valence electrons. The van der Waals surface area contributed by atoms with Gasteiger partial charge in [0.25, 0.3) is 0 Å². The SMILES string of the molecule is CCC(C)c1ccc(C(Cl)C(=O)O)cc1. The van der Waals surface area contributed by atoms with Gasteiger partial charge in [-0.3, -0.25) is 4.79 Å². The number of benzene rings is 1. The van der Waals surface area contributed by atoms with Gasteiger partial charge in [-0.2, -0.15) is 0 Å². The van der Waals surface area contributed by atoms with Crippen molar-refractivity contribution in [2.75, 3.05) is 0 Å². The summed E-state index contributed by atoms with van der Waals surface area (Å²) in [6, 6.07) is 7.46. The number of carboxylic acids is 1. The average Bonchev–Trinajstić information content (AvgIpc) is 2.27. The second-order valence-electron chi connectivity index (χ2n) is 3.68. The van der Waals surface area contributed by atoms with Gasteiger partial charge >= 0.3 is 5.97 Å². The number of alkyl halides is 1. The first-order valence-electron chi connectivity index (χ1n) is 5.03. The zero-order chi connectivity index (χ0) is 11.4. The normalized spacial score (nSPS) is 14.6. The van der Waals surface area contributed by atoms with Crippen molar-refractivity contribution in [1.29, 1.82) is 0 Å². The van der Waals surface area contributed by atoms with Crippen LogP contribution in [0.1, 0.15) is 42.7 Å². The highest BCUT2D eigenvalue weighted by atomic mass is 35.5. The molecule has 0 bridgehead atoms. The van der Waals surface area contributed by atoms with Crippen LogP contribution in [-0.2, 0) is 4.79 Å². The van der Waals surface area contributed by atoms with Gasteiger partial charge in [-0.25, -0.2) is 0 Å². The van der Waals surface area contributed by atoms with Gasteiger partial charge in [-0.05, 0) is 23.5 Å². The molecular weight excluding hydrogens is 212 g/mol. The molecule has 0 saturated heterocycles. The Kier molecular flexibility index (Phi) is 4.15. The van der Waals surface area contributed by atoms with Gasteiger partial charge in [0.1, 0.15) is 0 Å². The van der Waals surface area contributed by atoms with Crippen LogP contribution in [-0.4, -0.2) is 11.1 Å². The third-order valence-electron chi connectivity index (χ3n) is 2.63. The third kappa shape index (κ3) is 2.96. The van der Waals surface area contributed by atoms with E-state index in [1.807, 2.05) is 12.1 Å². The Morgan fingerprint density at radius 2 is 1.80 bits per heavy atom. The van der Waals surface area contributed by atoms with E-state index in [1.165, 1.54) is 5.56 Å². The minimum atomic E-state index is -1.01. The first-order chi connectivity index (χ1) is 7.06. The molecule has 2 nitrogen and oxygen atoms in total. The van der Waals surface area contributed by atoms with Crippen molar-refractivity contribution in [3.8, 4) is 0 Å². The molecule has 1 aromatic rings. The van der Waals surface area contributed by atoms with Crippen molar-refractivity contribution >= 4 is 17.6 Å². The molecule has 2 atom stereocenters. The lowest BCUT2D eigenvalue weighted by atomic mass is 9.97. The van der Waals surface area contributed by atoms with Crippen LogP contribution in [0.15, 0.2) is 24.3 Å². The van der Waals surface area contributed by atoms with E-state index in [0.717, 1.165) is 6.42 Å². The number of rotatable bonds is 4. The topological polar surface area (TPSA) is 37.3 Å². The minimum Gasteiger partial charge on any atom is -0.480 e. The Balaban J connectivity index is 2.85. The van der Waals surface area contributed by atoms with E-state index in [1.54, 1.807) is 12.1 Å². The molecule has 0 aliphatic heterocycles. The molecular formula is C12H15ClO2. The zero-order valence-corrected chi connectivity index (χ0v) is 9.66. The Morgan fingerprint density at radius 1 is 1.33 bits per heavy atom. The lowest BCUT2D eigenvalue weighted by Crippen LogP contribution is -2.05. The summed E-state index contributed by atoms with van der Waals surface area (Å²) in [6.07, 6.45) is 1.07. The highest BCUT2D eigenvalue weighted by Crippen LogP contribution is 2.24. The highest BCUT2D eigenvalue weighted by Gasteiger charge is 2.15. The Labute approximate surface area is 94.9 Å². The second-order valence-corrected chi connectivity index (χ2v) is 4.11. The van der Waals surface area contributed by atoms with Crippen LogP contribution in [0, 0.1) is 0 Å². The predicted octanol–water partition coefficient (Wildman–Crippen LogP) is 3.56. The maximum Gasteiger partial charge on any atom is 0.326 e. The lowest BCUT2D eigenvalue weighted by Gasteiger charge is -2.10. The predicted molar refractivity (Wildman–Crippen MR) is 61.4 cm³/mol. The van der Waals surface area contributed by atoms with Gasteiger partial charge in [-0.15, -0.1) is 11.6 Å². The fourth-order valence-electron chi connectivity index (χ4n) is 1.37. The van der Waals surface area contributed by atoms with E-state index in [-0.39, 0.29) is 0 Å². The first-order valence-corrected chi connectivity index (χ1v) is 5.46. The van der Waals surface area contributed by atoms with Crippen LogP contribution in [0.25, 0.3) is 0 Å². The zero-order valence-electron chi connectivity index (χ0n) is 8.90. The summed E-state index contributed by atoms with van der Waals surface area (Å²) in [6.45, 7) is 4.27. The van der Waals surface area contributed by atoms with Crippen molar-refractivity contribution in [3.63, 3.8) is 0 Å². The van der Waals surface area contributed by atoms with Crippen LogP contribution >= 0.6 is 11.6 Å². The monoisotopic (exact) mass is 226 g/mol. The number of hydrogen-bond donors (Lipinski definition) is 1. The Bertz CT molecular complexity index is 332. The summed E-state index contributed by atoms with van der Waals surface area (Å²) in [4.78, 5) is 10.6. The summed E-state index contributed by atoms with van der Waals surface area (Å²) in [7, 11) is 0. The molecule has 0 aliphatic rings. The number of hydrogen-bond acceptors (Lipinski definition) is 1. The summed E-state index contributed by atoms with van der Waals surface area (Å²) in [5.74, 6) is -0.509. The molecule has 0 radical (unpaired) electrons. The van der Waals surface area contributed by atoms with Gasteiger partial charge in [0, 0.05) is 0 Å². The van der Waals surface area contributed by atoms with Crippen LogP contribution < -0.4 is 0 Å². The molecule has 3 heteroatoms. The summed E-state index contributed by atoms with van der Waals surface area (Å²) >= 11 is 5.71. The van der Waals surface area contributed by atoms with Crippen LogP contribution in [0.2, 0.25) is 0 Å². The van der Waals surface area contributed by atoms with E-state index in [0.29, 0.717) is 11.5 Å². The molecule has 0 heterocycles. The van der Waals surface area contributed by atoms with Crippen molar-refractivity contribution in [2.24, 2.45) is 0 Å². The van der Waals surface area contributed by atoms with Crippen molar-refractivity contribution in [3.05, 3.63) is 35.4 Å². The van der Waals surface area contributed by atoms with Gasteiger partial charge < -0.3 is 5.11 Å². The molecule has 1 N–H and O–H groups in total. The molecule has 0 saturated carbocycles. The van der Waals surface area contributed by atoms with E-state index >= 15 is 0 Å². The molecule has 0 aliphatic carbocycles. The van der Waals surface area contributed by atoms with Gasteiger partial charge in [-0.1, -0.05) is 38.1 Å². The largest absolute Gasteiger partial charge is 0.480 e. The standard InChI is InChI=1S/C12H15ClO2/c1-3-8(2)9-4-6-10(7-5-9)11(13)12(14)15/h4-8,11H,3H2,1-2H3,(H,14,15). The van der Waals surface area contributed by atoms with E-state index in [2.05, 4.69) is 13.8 Å². The van der Waals surface area contributed by atoms with Gasteiger partial charge in [0.15, 0.2) is 5.38 Å². The summed E-state index contributed by atoms with van der Waals surface area (Å²) < 4.78 is 0.